The highest BCUT2D eigenvalue weighted by Crippen LogP contribution is 2.21. The lowest BCUT2D eigenvalue weighted by Gasteiger charge is -2.30. The third-order valence-corrected chi connectivity index (χ3v) is 5.40. The van der Waals surface area contributed by atoms with Crippen LogP contribution in [0, 0.1) is 5.92 Å². The van der Waals surface area contributed by atoms with Gasteiger partial charge in [0.2, 0.25) is 11.6 Å². The van der Waals surface area contributed by atoms with Crippen LogP contribution in [0.3, 0.4) is 0 Å². The number of nitrogen functional groups attached to an aromatic ring is 1. The number of carbonyl (C=O) groups is 1. The van der Waals surface area contributed by atoms with Crippen molar-refractivity contribution in [2.45, 2.75) is 26.3 Å². The van der Waals surface area contributed by atoms with Crippen LogP contribution in [0.5, 0.6) is 5.75 Å². The molecule has 3 aromatic rings. The minimum Gasteiger partial charge on any atom is -0.497 e. The highest BCUT2D eigenvalue weighted by Gasteiger charge is 2.26. The number of carbonyl (C=O) groups excluding carboxylic acids is 1. The van der Waals surface area contributed by atoms with Gasteiger partial charge in [-0.05, 0) is 59.9 Å². The van der Waals surface area contributed by atoms with Crippen LogP contribution in [-0.2, 0) is 6.54 Å². The lowest BCUT2D eigenvalue weighted by Crippen LogP contribution is -2.34. The zero-order chi connectivity index (χ0) is 22.5. The molecular formula is C20H25N9O3. The van der Waals surface area contributed by atoms with Crippen LogP contribution in [0.4, 0.5) is 5.82 Å². The normalized spacial score (nSPS) is 15.3. The first-order chi connectivity index (χ1) is 15.5. The van der Waals surface area contributed by atoms with Gasteiger partial charge in [0.05, 0.1) is 19.0 Å². The molecule has 1 amide bonds. The monoisotopic (exact) mass is 439 g/mol. The number of nitrogens with zero attached hydrogens (tertiary/aromatic N) is 7. The molecule has 1 aliphatic rings. The van der Waals surface area contributed by atoms with Crippen molar-refractivity contribution >= 4 is 17.9 Å². The van der Waals surface area contributed by atoms with Crippen LogP contribution in [0.15, 0.2) is 34.0 Å². The summed E-state index contributed by atoms with van der Waals surface area (Å²) in [4.78, 5) is 15.1. The molecule has 0 aliphatic carbocycles. The Hall–Kier alpha value is -3.80. The molecule has 1 aromatic carbocycles. The first-order valence-electron chi connectivity index (χ1n) is 10.3. The number of methoxy groups -OCH3 is 1. The van der Waals surface area contributed by atoms with E-state index >= 15 is 0 Å². The lowest BCUT2D eigenvalue weighted by atomic mass is 9.99. The van der Waals surface area contributed by atoms with Crippen molar-refractivity contribution in [3.63, 3.8) is 0 Å². The first kappa shape index (κ1) is 21.4. The summed E-state index contributed by atoms with van der Waals surface area (Å²) >= 11 is 0. The van der Waals surface area contributed by atoms with E-state index in [1.165, 1.54) is 10.9 Å². The minimum atomic E-state index is -0.495. The third kappa shape index (κ3) is 4.75. The molecule has 3 heterocycles. The smallest absolute Gasteiger partial charge is 0.293 e. The van der Waals surface area contributed by atoms with Crippen molar-refractivity contribution in [3.05, 3.63) is 41.2 Å². The maximum atomic E-state index is 12.9. The summed E-state index contributed by atoms with van der Waals surface area (Å²) in [6, 6.07) is 7.31. The third-order valence-electron chi connectivity index (χ3n) is 5.40. The van der Waals surface area contributed by atoms with E-state index in [1.807, 2.05) is 18.2 Å². The van der Waals surface area contributed by atoms with Gasteiger partial charge >= 0.3 is 0 Å². The van der Waals surface area contributed by atoms with Crippen molar-refractivity contribution in [3.8, 4) is 11.6 Å². The van der Waals surface area contributed by atoms with Crippen LogP contribution in [0.2, 0.25) is 0 Å². The molecule has 32 heavy (non-hydrogen) atoms. The van der Waals surface area contributed by atoms with Crippen LogP contribution < -0.4 is 15.9 Å². The second kappa shape index (κ2) is 9.56. The standard InChI is InChI=1S/C20H25N9O3/c1-13-6-8-28(9-7-13)12-16-17(23-27-29(16)19-18(21)25-32-26-19)20(30)24-22-11-14-4-3-5-15(10-14)31-2/h3-5,10-11,13H,6-9,12H2,1-2H3,(H2,21,25)(H,24,30). The number of rotatable bonds is 7. The van der Waals surface area contributed by atoms with Crippen LogP contribution >= 0.6 is 0 Å². The highest BCUT2D eigenvalue weighted by atomic mass is 16.6. The van der Waals surface area contributed by atoms with Crippen LogP contribution in [0.25, 0.3) is 5.82 Å². The molecule has 2 aromatic heterocycles. The van der Waals surface area contributed by atoms with Gasteiger partial charge in [-0.15, -0.1) is 5.10 Å². The van der Waals surface area contributed by atoms with Gasteiger partial charge < -0.3 is 10.5 Å². The predicted octanol–water partition coefficient (Wildman–Crippen LogP) is 1.24. The molecule has 1 saturated heterocycles. The number of anilines is 1. The molecule has 12 nitrogen and oxygen atoms in total. The lowest BCUT2D eigenvalue weighted by molar-refractivity contribution is 0.0947. The topological polar surface area (TPSA) is 150 Å². The highest BCUT2D eigenvalue weighted by molar-refractivity contribution is 5.94. The van der Waals surface area contributed by atoms with Gasteiger partial charge in [-0.1, -0.05) is 24.3 Å². The van der Waals surface area contributed by atoms with Gasteiger partial charge in [-0.3, -0.25) is 9.69 Å². The van der Waals surface area contributed by atoms with Crippen LogP contribution in [-0.4, -0.2) is 62.5 Å². The molecule has 0 radical (unpaired) electrons. The minimum absolute atomic E-state index is 0.0615. The van der Waals surface area contributed by atoms with Crippen molar-refractivity contribution in [2.75, 3.05) is 25.9 Å². The Morgan fingerprint density at radius 3 is 2.91 bits per heavy atom. The number of aromatic nitrogens is 5. The van der Waals surface area contributed by atoms with Gasteiger partial charge in [0.15, 0.2) is 5.69 Å². The Labute approximate surface area is 184 Å². The number of piperidine rings is 1. The largest absolute Gasteiger partial charge is 0.497 e. The summed E-state index contributed by atoms with van der Waals surface area (Å²) in [5.74, 6) is 1.13. The number of hydrazone groups is 1. The zero-order valence-corrected chi connectivity index (χ0v) is 17.9. The molecule has 12 heteroatoms. The number of nitrogens with two attached hydrogens (primary N) is 1. The summed E-state index contributed by atoms with van der Waals surface area (Å²) in [6.07, 6.45) is 3.69. The fraction of sp³-hybridized carbons (Fsp3) is 0.400. The van der Waals surface area contributed by atoms with E-state index in [4.69, 9.17) is 15.1 Å². The van der Waals surface area contributed by atoms with E-state index in [-0.39, 0.29) is 17.3 Å². The molecule has 168 valence electrons. The van der Waals surface area contributed by atoms with Crippen molar-refractivity contribution in [1.29, 1.82) is 0 Å². The average molecular weight is 439 g/mol. The van der Waals surface area contributed by atoms with Crippen molar-refractivity contribution in [1.82, 2.24) is 35.6 Å². The molecular weight excluding hydrogens is 414 g/mol. The second-order valence-corrected chi connectivity index (χ2v) is 7.70. The summed E-state index contributed by atoms with van der Waals surface area (Å²) in [5, 5.41) is 19.6. The van der Waals surface area contributed by atoms with Gasteiger partial charge in [0.1, 0.15) is 5.75 Å². The molecule has 0 bridgehead atoms. The fourth-order valence-corrected chi connectivity index (χ4v) is 3.50. The van der Waals surface area contributed by atoms with Gasteiger partial charge in [-0.25, -0.2) is 10.1 Å². The molecule has 1 aliphatic heterocycles. The number of benzene rings is 1. The summed E-state index contributed by atoms with van der Waals surface area (Å²) in [7, 11) is 1.59. The number of hydrogen-bond donors (Lipinski definition) is 2. The zero-order valence-electron chi connectivity index (χ0n) is 17.9. The number of ether oxygens (including phenoxy) is 1. The van der Waals surface area contributed by atoms with Gasteiger partial charge in [0, 0.05) is 6.54 Å². The Kier molecular flexibility index (Phi) is 6.40. The molecule has 0 spiro atoms. The summed E-state index contributed by atoms with van der Waals surface area (Å²) in [5.41, 5.74) is 9.80. The van der Waals surface area contributed by atoms with E-state index < -0.39 is 5.91 Å². The number of amides is 1. The molecule has 0 atom stereocenters. The molecule has 0 saturated carbocycles. The number of likely N-dealkylation sites (tertiary alicyclic amines) is 1. The Morgan fingerprint density at radius 1 is 1.38 bits per heavy atom. The quantitative estimate of drug-likeness (QED) is 0.409. The van der Waals surface area contributed by atoms with E-state index in [0.717, 1.165) is 31.5 Å². The van der Waals surface area contributed by atoms with Gasteiger partial charge in [0.25, 0.3) is 5.91 Å². The van der Waals surface area contributed by atoms with E-state index in [0.29, 0.717) is 23.9 Å². The molecule has 3 N–H and O–H groups in total. The SMILES string of the molecule is COc1cccc(C=NNC(=O)c2nnn(-c3nonc3N)c2CN2CCC(C)CC2)c1. The number of nitrogens with one attached hydrogen (secondary N) is 1. The summed E-state index contributed by atoms with van der Waals surface area (Å²) in [6.45, 7) is 4.51. The Bertz CT molecular complexity index is 1100. The van der Waals surface area contributed by atoms with Crippen molar-refractivity contribution in [2.24, 2.45) is 11.0 Å². The number of hydrogen-bond acceptors (Lipinski definition) is 10. The first-order valence-corrected chi connectivity index (χ1v) is 10.3. The second-order valence-electron chi connectivity index (χ2n) is 7.70. The molecule has 0 unspecified atom stereocenters. The van der Waals surface area contributed by atoms with Crippen molar-refractivity contribution < 1.29 is 14.2 Å². The Balaban J connectivity index is 1.55. The average Bonchev–Trinajstić information content (AvgIpc) is 3.41. The predicted molar refractivity (Wildman–Crippen MR) is 115 cm³/mol. The van der Waals surface area contributed by atoms with E-state index in [2.05, 4.69) is 43.0 Å². The van der Waals surface area contributed by atoms with E-state index in [9.17, 15) is 4.79 Å². The van der Waals surface area contributed by atoms with E-state index in [1.54, 1.807) is 13.2 Å². The maximum absolute atomic E-state index is 12.9. The molecule has 1 fully saturated rings. The Morgan fingerprint density at radius 2 is 2.19 bits per heavy atom. The fourth-order valence-electron chi connectivity index (χ4n) is 3.50. The summed E-state index contributed by atoms with van der Waals surface area (Å²) < 4.78 is 11.3. The molecule has 4 rings (SSSR count). The van der Waals surface area contributed by atoms with Gasteiger partial charge in [-0.2, -0.15) is 9.78 Å². The van der Waals surface area contributed by atoms with Crippen LogP contribution in [0.1, 0.15) is 41.5 Å². The maximum Gasteiger partial charge on any atom is 0.293 e.